The molecule has 0 amide bonds. The SMILES string of the molecule is O/N=C\c1cc(Br)cc(I)c1OCc1ccccc1. The van der Waals surface area contributed by atoms with E-state index >= 15 is 0 Å². The van der Waals surface area contributed by atoms with Crippen molar-refractivity contribution in [2.45, 2.75) is 6.61 Å². The standard InChI is InChI=1S/C14H11BrINO2/c15-12-6-11(8-17-18)14(13(16)7-12)19-9-10-4-2-1-3-5-10/h1-8,18H,9H2/b17-8-. The highest BCUT2D eigenvalue weighted by Gasteiger charge is 2.09. The summed E-state index contributed by atoms with van der Waals surface area (Å²) in [6.07, 6.45) is 1.37. The summed E-state index contributed by atoms with van der Waals surface area (Å²) >= 11 is 5.61. The molecule has 0 radical (unpaired) electrons. The van der Waals surface area contributed by atoms with Gasteiger partial charge in [-0.15, -0.1) is 0 Å². The molecule has 98 valence electrons. The van der Waals surface area contributed by atoms with Gasteiger partial charge >= 0.3 is 0 Å². The molecular formula is C14H11BrINO2. The lowest BCUT2D eigenvalue weighted by Gasteiger charge is -2.11. The van der Waals surface area contributed by atoms with Gasteiger partial charge in [-0.1, -0.05) is 51.4 Å². The van der Waals surface area contributed by atoms with Gasteiger partial charge in [-0.05, 0) is 40.3 Å². The summed E-state index contributed by atoms with van der Waals surface area (Å²) in [7, 11) is 0. The maximum atomic E-state index is 8.71. The molecular weight excluding hydrogens is 421 g/mol. The molecule has 0 atom stereocenters. The van der Waals surface area contributed by atoms with Crippen LogP contribution in [0.15, 0.2) is 52.1 Å². The normalized spacial score (nSPS) is 10.8. The first-order valence-electron chi connectivity index (χ1n) is 5.54. The zero-order chi connectivity index (χ0) is 13.7. The molecule has 3 nitrogen and oxygen atoms in total. The first-order valence-corrected chi connectivity index (χ1v) is 7.41. The molecule has 0 bridgehead atoms. The first kappa shape index (κ1) is 14.3. The summed E-state index contributed by atoms with van der Waals surface area (Å²) in [6.45, 7) is 0.477. The van der Waals surface area contributed by atoms with Crippen LogP contribution in [0.5, 0.6) is 5.75 Å². The number of hydrogen-bond acceptors (Lipinski definition) is 3. The van der Waals surface area contributed by atoms with Crippen molar-refractivity contribution < 1.29 is 9.94 Å². The van der Waals surface area contributed by atoms with Gasteiger partial charge in [-0.3, -0.25) is 0 Å². The Morgan fingerprint density at radius 1 is 1.26 bits per heavy atom. The van der Waals surface area contributed by atoms with Gasteiger partial charge in [0, 0.05) is 10.0 Å². The highest BCUT2D eigenvalue weighted by Crippen LogP contribution is 2.29. The van der Waals surface area contributed by atoms with Crippen molar-refractivity contribution in [3.8, 4) is 5.75 Å². The van der Waals surface area contributed by atoms with E-state index in [-0.39, 0.29) is 0 Å². The fourth-order valence-electron chi connectivity index (χ4n) is 1.62. The number of halogens is 2. The van der Waals surface area contributed by atoms with E-state index in [0.29, 0.717) is 12.4 Å². The Morgan fingerprint density at radius 2 is 2.00 bits per heavy atom. The molecule has 2 rings (SSSR count). The topological polar surface area (TPSA) is 41.8 Å². The minimum atomic E-state index is 0.477. The Balaban J connectivity index is 2.24. The van der Waals surface area contributed by atoms with Crippen LogP contribution in [-0.2, 0) is 6.61 Å². The largest absolute Gasteiger partial charge is 0.487 e. The van der Waals surface area contributed by atoms with Gasteiger partial charge in [-0.2, -0.15) is 0 Å². The Kier molecular flexibility index (Phi) is 5.21. The highest BCUT2D eigenvalue weighted by molar-refractivity contribution is 14.1. The van der Waals surface area contributed by atoms with Crippen LogP contribution < -0.4 is 4.74 Å². The fourth-order valence-corrected chi connectivity index (χ4v) is 3.33. The smallest absolute Gasteiger partial charge is 0.142 e. The van der Waals surface area contributed by atoms with Gasteiger partial charge in [-0.25, -0.2) is 0 Å². The van der Waals surface area contributed by atoms with Gasteiger partial charge in [0.05, 0.1) is 9.78 Å². The number of ether oxygens (including phenoxy) is 1. The summed E-state index contributed by atoms with van der Waals surface area (Å²) < 4.78 is 7.70. The van der Waals surface area contributed by atoms with E-state index in [0.717, 1.165) is 19.2 Å². The predicted octanol–water partition coefficient (Wildman–Crippen LogP) is 4.44. The molecule has 0 aliphatic heterocycles. The predicted molar refractivity (Wildman–Crippen MR) is 87.0 cm³/mol. The maximum Gasteiger partial charge on any atom is 0.142 e. The fraction of sp³-hybridized carbons (Fsp3) is 0.0714. The van der Waals surface area contributed by atoms with E-state index in [9.17, 15) is 0 Å². The van der Waals surface area contributed by atoms with Crippen LogP contribution >= 0.6 is 38.5 Å². The monoisotopic (exact) mass is 431 g/mol. The van der Waals surface area contributed by atoms with Crippen LogP contribution in [-0.4, -0.2) is 11.4 Å². The van der Waals surface area contributed by atoms with Crippen molar-refractivity contribution in [1.82, 2.24) is 0 Å². The van der Waals surface area contributed by atoms with Crippen LogP contribution in [0.25, 0.3) is 0 Å². The molecule has 0 unspecified atom stereocenters. The number of hydrogen-bond donors (Lipinski definition) is 1. The molecule has 0 aromatic heterocycles. The number of oxime groups is 1. The van der Waals surface area contributed by atoms with Crippen LogP contribution in [0.3, 0.4) is 0 Å². The molecule has 0 saturated carbocycles. The molecule has 0 saturated heterocycles. The second-order valence-corrected chi connectivity index (χ2v) is 5.90. The molecule has 2 aromatic carbocycles. The maximum absolute atomic E-state index is 8.71. The van der Waals surface area contributed by atoms with Crippen molar-refractivity contribution >= 4 is 44.7 Å². The summed E-state index contributed by atoms with van der Waals surface area (Å²) in [5.41, 5.74) is 1.82. The Bertz CT molecular complexity index is 587. The quantitative estimate of drug-likeness (QED) is 0.336. The summed E-state index contributed by atoms with van der Waals surface area (Å²) in [4.78, 5) is 0. The number of benzene rings is 2. The summed E-state index contributed by atoms with van der Waals surface area (Å²) in [6, 6.07) is 13.7. The second-order valence-electron chi connectivity index (χ2n) is 3.82. The van der Waals surface area contributed by atoms with Crippen molar-refractivity contribution in [3.05, 3.63) is 61.6 Å². The van der Waals surface area contributed by atoms with Crippen molar-refractivity contribution in [2.75, 3.05) is 0 Å². The average molecular weight is 432 g/mol. The number of nitrogens with zero attached hydrogens (tertiary/aromatic N) is 1. The second kappa shape index (κ2) is 6.91. The lowest BCUT2D eigenvalue weighted by Crippen LogP contribution is -2.00. The van der Waals surface area contributed by atoms with Crippen LogP contribution in [0.2, 0.25) is 0 Å². The zero-order valence-electron chi connectivity index (χ0n) is 9.88. The average Bonchev–Trinajstić information content (AvgIpc) is 2.39. The van der Waals surface area contributed by atoms with Crippen LogP contribution in [0.4, 0.5) is 0 Å². The van der Waals surface area contributed by atoms with E-state index in [4.69, 9.17) is 9.94 Å². The molecule has 2 aromatic rings. The van der Waals surface area contributed by atoms with Crippen LogP contribution in [0.1, 0.15) is 11.1 Å². The van der Waals surface area contributed by atoms with E-state index in [1.54, 1.807) is 0 Å². The van der Waals surface area contributed by atoms with E-state index in [1.807, 2.05) is 42.5 Å². The van der Waals surface area contributed by atoms with Gasteiger partial charge < -0.3 is 9.94 Å². The molecule has 0 heterocycles. The molecule has 0 aliphatic rings. The third-order valence-corrected chi connectivity index (χ3v) is 3.72. The molecule has 5 heteroatoms. The third-order valence-electron chi connectivity index (χ3n) is 2.46. The van der Waals surface area contributed by atoms with Crippen molar-refractivity contribution in [3.63, 3.8) is 0 Å². The van der Waals surface area contributed by atoms with E-state index in [1.165, 1.54) is 6.21 Å². The van der Waals surface area contributed by atoms with Crippen molar-refractivity contribution in [2.24, 2.45) is 5.16 Å². The lowest BCUT2D eigenvalue weighted by molar-refractivity contribution is 0.302. The molecule has 0 aliphatic carbocycles. The molecule has 1 N–H and O–H groups in total. The molecule has 19 heavy (non-hydrogen) atoms. The Morgan fingerprint density at radius 3 is 2.68 bits per heavy atom. The van der Waals surface area contributed by atoms with Crippen molar-refractivity contribution in [1.29, 1.82) is 0 Å². The number of rotatable bonds is 4. The Hall–Kier alpha value is -1.08. The van der Waals surface area contributed by atoms with E-state index in [2.05, 4.69) is 43.7 Å². The summed E-state index contributed by atoms with van der Waals surface area (Å²) in [5.74, 6) is 0.713. The highest BCUT2D eigenvalue weighted by atomic mass is 127. The minimum absolute atomic E-state index is 0.477. The van der Waals surface area contributed by atoms with Gasteiger partial charge in [0.2, 0.25) is 0 Å². The molecule has 0 fully saturated rings. The van der Waals surface area contributed by atoms with Gasteiger partial charge in [0.1, 0.15) is 12.4 Å². The first-order chi connectivity index (χ1) is 9.20. The Labute approximate surface area is 133 Å². The zero-order valence-corrected chi connectivity index (χ0v) is 13.6. The molecule has 0 spiro atoms. The lowest BCUT2D eigenvalue weighted by atomic mass is 10.2. The van der Waals surface area contributed by atoms with E-state index < -0.39 is 0 Å². The summed E-state index contributed by atoms with van der Waals surface area (Å²) in [5, 5.41) is 11.8. The third kappa shape index (κ3) is 3.94. The van der Waals surface area contributed by atoms with Gasteiger partial charge in [0.25, 0.3) is 0 Å². The minimum Gasteiger partial charge on any atom is -0.487 e. The van der Waals surface area contributed by atoms with Gasteiger partial charge in [0.15, 0.2) is 0 Å². The van der Waals surface area contributed by atoms with Crippen LogP contribution in [0, 0.1) is 3.57 Å².